The molecule has 2 nitrogen and oxygen atoms in total. The first kappa shape index (κ1) is 11.2. The summed E-state index contributed by atoms with van der Waals surface area (Å²) in [5, 5.41) is 0. The van der Waals surface area contributed by atoms with Crippen molar-refractivity contribution in [3.8, 4) is 0 Å². The summed E-state index contributed by atoms with van der Waals surface area (Å²) in [7, 11) is 0. The van der Waals surface area contributed by atoms with Crippen LogP contribution in [0.3, 0.4) is 0 Å². The van der Waals surface area contributed by atoms with Crippen LogP contribution in [-0.4, -0.2) is 23.5 Å². The lowest BCUT2D eigenvalue weighted by molar-refractivity contribution is 0.0130. The lowest BCUT2D eigenvalue weighted by Crippen LogP contribution is -2.58. The molecule has 17 heavy (non-hydrogen) atoms. The van der Waals surface area contributed by atoms with E-state index in [1.54, 1.807) is 0 Å². The van der Waals surface area contributed by atoms with Crippen molar-refractivity contribution in [1.29, 1.82) is 0 Å². The zero-order valence-electron chi connectivity index (χ0n) is 10.4. The molecule has 1 saturated heterocycles. The Morgan fingerprint density at radius 1 is 1.00 bits per heavy atom. The van der Waals surface area contributed by atoms with E-state index in [0.29, 0.717) is 0 Å². The van der Waals surface area contributed by atoms with Crippen LogP contribution in [0, 0.1) is 0 Å². The minimum atomic E-state index is 0.187. The van der Waals surface area contributed by atoms with Crippen molar-refractivity contribution in [3.63, 3.8) is 0 Å². The third-order valence-electron chi connectivity index (χ3n) is 4.69. The molecule has 2 aliphatic rings. The van der Waals surface area contributed by atoms with Crippen LogP contribution in [0.25, 0.3) is 0 Å². The summed E-state index contributed by atoms with van der Waals surface area (Å²) in [4.78, 5) is 2.64. The number of hydrogen-bond donors (Lipinski definition) is 1. The van der Waals surface area contributed by atoms with Gasteiger partial charge in [0.25, 0.3) is 0 Å². The SMILES string of the molecule is N[C@H](c1ccccc1)C1(N2CCC2)CCCC1. The van der Waals surface area contributed by atoms with Crippen molar-refractivity contribution in [2.75, 3.05) is 13.1 Å². The summed E-state index contributed by atoms with van der Waals surface area (Å²) in [5.74, 6) is 0. The Balaban J connectivity index is 1.88. The molecule has 2 heteroatoms. The molecule has 0 radical (unpaired) electrons. The van der Waals surface area contributed by atoms with Gasteiger partial charge in [-0.15, -0.1) is 0 Å². The van der Waals surface area contributed by atoms with E-state index in [1.165, 1.54) is 50.8 Å². The standard InChI is InChI=1S/C15H22N2/c16-14(13-7-2-1-3-8-13)15(9-4-5-10-15)17-11-6-12-17/h1-3,7-8,14H,4-6,9-12,16H2/t14-/m1/s1. The maximum atomic E-state index is 6.60. The number of likely N-dealkylation sites (tertiary alicyclic amines) is 1. The lowest BCUT2D eigenvalue weighted by atomic mass is 9.80. The van der Waals surface area contributed by atoms with Crippen molar-refractivity contribution in [1.82, 2.24) is 4.90 Å². The first-order valence-electron chi connectivity index (χ1n) is 6.88. The topological polar surface area (TPSA) is 29.3 Å². The monoisotopic (exact) mass is 230 g/mol. The number of nitrogens with two attached hydrogens (primary N) is 1. The maximum Gasteiger partial charge on any atom is 0.0482 e. The largest absolute Gasteiger partial charge is 0.322 e. The molecule has 1 saturated carbocycles. The van der Waals surface area contributed by atoms with Crippen molar-refractivity contribution in [2.45, 2.75) is 43.7 Å². The predicted octanol–water partition coefficient (Wildman–Crippen LogP) is 2.70. The Labute approximate surface area is 104 Å². The Kier molecular flexibility index (Phi) is 2.93. The van der Waals surface area contributed by atoms with Gasteiger partial charge < -0.3 is 5.73 Å². The van der Waals surface area contributed by atoms with Crippen molar-refractivity contribution in [3.05, 3.63) is 35.9 Å². The number of rotatable bonds is 3. The summed E-state index contributed by atoms with van der Waals surface area (Å²) < 4.78 is 0. The van der Waals surface area contributed by atoms with Crippen LogP contribution < -0.4 is 5.73 Å². The van der Waals surface area contributed by atoms with Crippen molar-refractivity contribution in [2.24, 2.45) is 5.73 Å². The third kappa shape index (κ3) is 1.80. The molecule has 1 atom stereocenters. The fourth-order valence-corrected chi connectivity index (χ4v) is 3.54. The van der Waals surface area contributed by atoms with Gasteiger partial charge in [0.1, 0.15) is 0 Å². The highest BCUT2D eigenvalue weighted by Crippen LogP contribution is 2.45. The minimum Gasteiger partial charge on any atom is -0.322 e. The number of nitrogens with zero attached hydrogens (tertiary/aromatic N) is 1. The van der Waals surface area contributed by atoms with Gasteiger partial charge in [0.15, 0.2) is 0 Å². The Morgan fingerprint density at radius 3 is 2.18 bits per heavy atom. The van der Waals surface area contributed by atoms with Crippen LogP contribution in [0.2, 0.25) is 0 Å². The second-order valence-corrected chi connectivity index (χ2v) is 5.54. The molecule has 0 amide bonds. The summed E-state index contributed by atoms with van der Waals surface area (Å²) in [6, 6.07) is 10.8. The molecule has 3 rings (SSSR count). The van der Waals surface area contributed by atoms with Gasteiger partial charge >= 0.3 is 0 Å². The van der Waals surface area contributed by atoms with Crippen molar-refractivity contribution < 1.29 is 0 Å². The van der Waals surface area contributed by atoms with Crippen LogP contribution in [-0.2, 0) is 0 Å². The summed E-state index contributed by atoms with van der Waals surface area (Å²) in [6.07, 6.45) is 6.60. The first-order chi connectivity index (χ1) is 8.33. The van der Waals surface area contributed by atoms with E-state index in [-0.39, 0.29) is 11.6 Å². The summed E-state index contributed by atoms with van der Waals surface area (Å²) in [6.45, 7) is 2.50. The van der Waals surface area contributed by atoms with Crippen LogP contribution in [0.1, 0.15) is 43.7 Å². The molecule has 2 N–H and O–H groups in total. The predicted molar refractivity (Wildman–Crippen MR) is 70.8 cm³/mol. The van der Waals surface area contributed by atoms with Crippen LogP contribution in [0.15, 0.2) is 30.3 Å². The highest BCUT2D eigenvalue weighted by Gasteiger charge is 2.46. The fraction of sp³-hybridized carbons (Fsp3) is 0.600. The average Bonchev–Trinajstić information content (AvgIpc) is 2.77. The Morgan fingerprint density at radius 2 is 1.65 bits per heavy atom. The van der Waals surface area contributed by atoms with E-state index in [4.69, 9.17) is 5.73 Å². The van der Waals surface area contributed by atoms with E-state index >= 15 is 0 Å². The molecule has 0 bridgehead atoms. The van der Waals surface area contributed by atoms with Crippen molar-refractivity contribution >= 4 is 0 Å². The zero-order valence-corrected chi connectivity index (χ0v) is 10.4. The first-order valence-corrected chi connectivity index (χ1v) is 6.88. The van der Waals surface area contributed by atoms with E-state index < -0.39 is 0 Å². The fourth-order valence-electron chi connectivity index (χ4n) is 3.54. The van der Waals surface area contributed by atoms with E-state index in [2.05, 4.69) is 35.2 Å². The van der Waals surface area contributed by atoms with Gasteiger partial charge in [-0.3, -0.25) is 4.90 Å². The van der Waals surface area contributed by atoms with E-state index in [1.807, 2.05) is 0 Å². The lowest BCUT2D eigenvalue weighted by Gasteiger charge is -2.50. The number of benzene rings is 1. The van der Waals surface area contributed by atoms with E-state index in [0.717, 1.165) is 0 Å². The molecule has 1 aliphatic heterocycles. The molecule has 0 spiro atoms. The average molecular weight is 230 g/mol. The Hall–Kier alpha value is -0.860. The van der Waals surface area contributed by atoms with Crippen LogP contribution in [0.4, 0.5) is 0 Å². The maximum absolute atomic E-state index is 6.60. The van der Waals surface area contributed by atoms with Crippen LogP contribution in [0.5, 0.6) is 0 Å². The number of hydrogen-bond acceptors (Lipinski definition) is 2. The molecule has 2 fully saturated rings. The van der Waals surface area contributed by atoms with Gasteiger partial charge in [-0.05, 0) is 37.9 Å². The van der Waals surface area contributed by atoms with Gasteiger partial charge in [-0.25, -0.2) is 0 Å². The van der Waals surface area contributed by atoms with Gasteiger partial charge in [0.2, 0.25) is 0 Å². The molecular weight excluding hydrogens is 208 g/mol. The molecule has 0 aromatic heterocycles. The minimum absolute atomic E-state index is 0.187. The van der Waals surface area contributed by atoms with Gasteiger partial charge in [-0.2, -0.15) is 0 Å². The summed E-state index contributed by atoms with van der Waals surface area (Å²) in [5.41, 5.74) is 8.17. The zero-order chi connectivity index (χ0) is 11.7. The smallest absolute Gasteiger partial charge is 0.0482 e. The normalized spacial score (nSPS) is 25.5. The quantitative estimate of drug-likeness (QED) is 0.865. The highest BCUT2D eigenvalue weighted by atomic mass is 15.3. The summed E-state index contributed by atoms with van der Waals surface area (Å²) >= 11 is 0. The molecular formula is C15H22N2. The molecule has 1 aliphatic carbocycles. The Bertz CT molecular complexity index is 364. The van der Waals surface area contributed by atoms with Gasteiger partial charge in [-0.1, -0.05) is 43.2 Å². The highest BCUT2D eigenvalue weighted by molar-refractivity contribution is 5.24. The van der Waals surface area contributed by atoms with Gasteiger partial charge in [0.05, 0.1) is 0 Å². The second kappa shape index (κ2) is 4.43. The van der Waals surface area contributed by atoms with E-state index in [9.17, 15) is 0 Å². The molecule has 1 aromatic rings. The van der Waals surface area contributed by atoms with Gasteiger partial charge in [0, 0.05) is 11.6 Å². The van der Waals surface area contributed by atoms with Crippen LogP contribution >= 0.6 is 0 Å². The second-order valence-electron chi connectivity index (χ2n) is 5.54. The molecule has 92 valence electrons. The third-order valence-corrected chi connectivity index (χ3v) is 4.69. The molecule has 0 unspecified atom stereocenters. The molecule has 1 heterocycles. The molecule has 1 aromatic carbocycles.